The fourth-order valence-electron chi connectivity index (χ4n) is 0.977. The third kappa shape index (κ3) is 3.09. The summed E-state index contributed by atoms with van der Waals surface area (Å²) in [5.41, 5.74) is -0.432. The number of rotatable bonds is 3. The van der Waals surface area contributed by atoms with E-state index in [1.54, 1.807) is 17.5 Å². The summed E-state index contributed by atoms with van der Waals surface area (Å²) in [5.74, 6) is 0. The Balaban J connectivity index is 2.96. The monoisotopic (exact) mass is 230 g/mol. The SMILES string of the molecule is C=C/C(=C\C(=C)c1cccs1)C(F)(F)F. The predicted octanol–water partition coefficient (Wildman–Crippen LogP) is 4.44. The van der Waals surface area contributed by atoms with Gasteiger partial charge < -0.3 is 0 Å². The van der Waals surface area contributed by atoms with Gasteiger partial charge in [0, 0.05) is 4.88 Å². The van der Waals surface area contributed by atoms with E-state index in [9.17, 15) is 13.2 Å². The largest absolute Gasteiger partial charge is 0.416 e. The molecule has 0 bridgehead atoms. The van der Waals surface area contributed by atoms with Gasteiger partial charge in [0.15, 0.2) is 0 Å². The first kappa shape index (κ1) is 11.8. The second-order valence-corrected chi connectivity index (χ2v) is 3.75. The number of hydrogen-bond acceptors (Lipinski definition) is 1. The number of halogens is 3. The van der Waals surface area contributed by atoms with Gasteiger partial charge in [0.05, 0.1) is 5.57 Å². The van der Waals surface area contributed by atoms with Crippen molar-refractivity contribution < 1.29 is 13.2 Å². The van der Waals surface area contributed by atoms with Gasteiger partial charge in [0.1, 0.15) is 0 Å². The minimum atomic E-state index is -4.37. The molecule has 1 aromatic rings. The second kappa shape index (κ2) is 4.49. The zero-order valence-corrected chi connectivity index (χ0v) is 8.66. The first-order valence-electron chi connectivity index (χ1n) is 4.09. The molecule has 0 aromatic carbocycles. The molecule has 0 amide bonds. The molecule has 15 heavy (non-hydrogen) atoms. The molecule has 0 unspecified atom stereocenters. The Morgan fingerprint density at radius 2 is 2.07 bits per heavy atom. The Hall–Kier alpha value is -1.29. The van der Waals surface area contributed by atoms with E-state index in [0.29, 0.717) is 5.57 Å². The molecule has 0 N–H and O–H groups in total. The van der Waals surface area contributed by atoms with Crippen molar-refractivity contribution in [3.63, 3.8) is 0 Å². The molecule has 4 heteroatoms. The van der Waals surface area contributed by atoms with Gasteiger partial charge in [-0.25, -0.2) is 0 Å². The van der Waals surface area contributed by atoms with Crippen LogP contribution < -0.4 is 0 Å². The number of allylic oxidation sites excluding steroid dienone is 4. The zero-order chi connectivity index (χ0) is 11.5. The summed E-state index contributed by atoms with van der Waals surface area (Å²) in [7, 11) is 0. The molecular weight excluding hydrogens is 221 g/mol. The van der Waals surface area contributed by atoms with Gasteiger partial charge in [0.2, 0.25) is 0 Å². The molecule has 0 fully saturated rings. The van der Waals surface area contributed by atoms with Crippen LogP contribution in [0.2, 0.25) is 0 Å². The molecule has 0 atom stereocenters. The Morgan fingerprint density at radius 3 is 2.47 bits per heavy atom. The van der Waals surface area contributed by atoms with Crippen molar-refractivity contribution in [2.24, 2.45) is 0 Å². The summed E-state index contributed by atoms with van der Waals surface area (Å²) in [5, 5.41) is 1.79. The maximum atomic E-state index is 12.3. The lowest BCUT2D eigenvalue weighted by Crippen LogP contribution is -2.09. The van der Waals surface area contributed by atoms with Crippen LogP contribution in [0.1, 0.15) is 4.88 Å². The van der Waals surface area contributed by atoms with E-state index in [0.717, 1.165) is 17.0 Å². The Morgan fingerprint density at radius 1 is 1.40 bits per heavy atom. The minimum absolute atomic E-state index is 0.345. The number of hydrogen-bond donors (Lipinski definition) is 0. The van der Waals surface area contributed by atoms with Crippen LogP contribution in [0, 0.1) is 0 Å². The first-order chi connectivity index (χ1) is 6.95. The highest BCUT2D eigenvalue weighted by molar-refractivity contribution is 7.11. The quantitative estimate of drug-likeness (QED) is 0.673. The van der Waals surface area contributed by atoms with Crippen LogP contribution in [0.5, 0.6) is 0 Å². The Labute approximate surface area is 90.1 Å². The lowest BCUT2D eigenvalue weighted by atomic mass is 10.1. The van der Waals surface area contributed by atoms with Crippen molar-refractivity contribution >= 4 is 16.9 Å². The van der Waals surface area contributed by atoms with Gasteiger partial charge in [-0.2, -0.15) is 13.2 Å². The lowest BCUT2D eigenvalue weighted by Gasteiger charge is -2.07. The van der Waals surface area contributed by atoms with Gasteiger partial charge >= 0.3 is 6.18 Å². The maximum absolute atomic E-state index is 12.3. The Bertz CT molecular complexity index is 382. The smallest absolute Gasteiger partial charge is 0.166 e. The molecule has 0 saturated carbocycles. The van der Waals surface area contributed by atoms with Crippen molar-refractivity contribution in [3.8, 4) is 0 Å². The molecule has 0 saturated heterocycles. The van der Waals surface area contributed by atoms with E-state index in [1.807, 2.05) is 0 Å². The average Bonchev–Trinajstić information content (AvgIpc) is 2.64. The molecule has 0 aliphatic rings. The number of thiophene rings is 1. The third-order valence-electron chi connectivity index (χ3n) is 1.71. The van der Waals surface area contributed by atoms with Crippen molar-refractivity contribution in [2.45, 2.75) is 6.18 Å². The third-order valence-corrected chi connectivity index (χ3v) is 2.66. The maximum Gasteiger partial charge on any atom is 0.416 e. The lowest BCUT2D eigenvalue weighted by molar-refractivity contribution is -0.0880. The van der Waals surface area contributed by atoms with Crippen LogP contribution in [-0.2, 0) is 0 Å². The molecule has 1 heterocycles. The van der Waals surface area contributed by atoms with E-state index in [2.05, 4.69) is 13.2 Å². The fourth-order valence-corrected chi connectivity index (χ4v) is 1.65. The van der Waals surface area contributed by atoms with E-state index in [1.165, 1.54) is 11.3 Å². The van der Waals surface area contributed by atoms with Crippen molar-refractivity contribution in [1.82, 2.24) is 0 Å². The highest BCUT2D eigenvalue weighted by Crippen LogP contribution is 2.30. The normalized spacial score (nSPS) is 12.6. The molecule has 0 radical (unpaired) electrons. The minimum Gasteiger partial charge on any atom is -0.166 e. The zero-order valence-electron chi connectivity index (χ0n) is 7.84. The van der Waals surface area contributed by atoms with Crippen LogP contribution in [0.3, 0.4) is 0 Å². The summed E-state index contributed by atoms with van der Waals surface area (Å²) in [6, 6.07) is 3.49. The molecule has 0 spiro atoms. The molecule has 0 aliphatic carbocycles. The highest BCUT2D eigenvalue weighted by Gasteiger charge is 2.31. The standard InChI is InChI=1S/C11H9F3S/c1-3-9(11(12,13)14)7-8(2)10-5-4-6-15-10/h3-7H,1-2H2/b9-7+. The van der Waals surface area contributed by atoms with Crippen LogP contribution in [0.25, 0.3) is 5.57 Å². The topological polar surface area (TPSA) is 0 Å². The van der Waals surface area contributed by atoms with Crippen LogP contribution in [-0.4, -0.2) is 6.18 Å². The van der Waals surface area contributed by atoms with Gasteiger partial charge in [-0.3, -0.25) is 0 Å². The van der Waals surface area contributed by atoms with Crippen molar-refractivity contribution in [3.05, 3.63) is 53.3 Å². The van der Waals surface area contributed by atoms with E-state index in [4.69, 9.17) is 0 Å². The summed E-state index contributed by atoms with van der Waals surface area (Å²) >= 11 is 1.35. The van der Waals surface area contributed by atoms with Gasteiger partial charge in [-0.05, 0) is 23.1 Å². The van der Waals surface area contributed by atoms with Gasteiger partial charge in [0.25, 0.3) is 0 Å². The molecule has 0 nitrogen and oxygen atoms in total. The molecule has 80 valence electrons. The Kier molecular flexibility index (Phi) is 3.52. The van der Waals surface area contributed by atoms with Crippen LogP contribution in [0.4, 0.5) is 13.2 Å². The second-order valence-electron chi connectivity index (χ2n) is 2.80. The summed E-state index contributed by atoms with van der Waals surface area (Å²) in [6.07, 6.45) is -2.58. The molecule has 1 rings (SSSR count). The first-order valence-corrected chi connectivity index (χ1v) is 4.97. The van der Waals surface area contributed by atoms with Crippen molar-refractivity contribution in [1.29, 1.82) is 0 Å². The van der Waals surface area contributed by atoms with E-state index in [-0.39, 0.29) is 0 Å². The summed E-state index contributed by atoms with van der Waals surface area (Å²) < 4.78 is 37.0. The highest BCUT2D eigenvalue weighted by atomic mass is 32.1. The van der Waals surface area contributed by atoms with Crippen LogP contribution in [0.15, 0.2) is 48.4 Å². The summed E-state index contributed by atoms with van der Waals surface area (Å²) in [4.78, 5) is 0.721. The molecule has 1 aromatic heterocycles. The number of alkyl halides is 3. The average molecular weight is 230 g/mol. The van der Waals surface area contributed by atoms with E-state index < -0.39 is 11.7 Å². The summed E-state index contributed by atoms with van der Waals surface area (Å²) in [6.45, 7) is 6.72. The van der Waals surface area contributed by atoms with E-state index >= 15 is 0 Å². The fraction of sp³-hybridized carbons (Fsp3) is 0.0909. The predicted molar refractivity (Wildman–Crippen MR) is 57.7 cm³/mol. The molecule has 0 aliphatic heterocycles. The van der Waals surface area contributed by atoms with Crippen molar-refractivity contribution in [2.75, 3.05) is 0 Å². The van der Waals surface area contributed by atoms with Crippen LogP contribution >= 0.6 is 11.3 Å². The van der Waals surface area contributed by atoms with Gasteiger partial charge in [-0.1, -0.05) is 25.3 Å². The van der Waals surface area contributed by atoms with Gasteiger partial charge in [-0.15, -0.1) is 11.3 Å². The molecular formula is C11H9F3S.